The van der Waals surface area contributed by atoms with Gasteiger partial charge < -0.3 is 4.74 Å². The number of carbonyl (C=O) groups excluding carboxylic acids is 1. The first-order valence-corrected chi connectivity index (χ1v) is 16.3. The van der Waals surface area contributed by atoms with Gasteiger partial charge in [0.15, 0.2) is 0 Å². The van der Waals surface area contributed by atoms with E-state index in [1.165, 1.54) is 47.7 Å². The topological polar surface area (TPSA) is 90.7 Å². The third-order valence-corrected chi connectivity index (χ3v) is 9.60. The van der Waals surface area contributed by atoms with Crippen LogP contribution in [0.2, 0.25) is 0 Å². The Morgan fingerprint density at radius 3 is 2.15 bits per heavy atom. The minimum absolute atomic E-state index is 0.100. The average molecular weight is 568 g/mol. The summed E-state index contributed by atoms with van der Waals surface area (Å²) in [4.78, 5) is 14.6. The van der Waals surface area contributed by atoms with Crippen LogP contribution >= 0.6 is 0 Å². The van der Waals surface area contributed by atoms with Crippen molar-refractivity contribution in [2.45, 2.75) is 108 Å². The number of nitrogens with zero attached hydrogens (tertiary/aromatic N) is 3. The predicted molar refractivity (Wildman–Crippen MR) is 158 cm³/mol. The summed E-state index contributed by atoms with van der Waals surface area (Å²) in [6, 6.07) is 17.2. The Balaban J connectivity index is 1.63. The summed E-state index contributed by atoms with van der Waals surface area (Å²) in [6.45, 7) is 4.75. The molecule has 1 fully saturated rings. The van der Waals surface area contributed by atoms with Crippen LogP contribution in [0.5, 0.6) is 0 Å². The third-order valence-electron chi connectivity index (χ3n) is 7.63. The molecule has 7 nitrogen and oxygen atoms in total. The first-order valence-electron chi connectivity index (χ1n) is 14.8. The number of aryl methyl sites for hydroxylation is 1. The highest BCUT2D eigenvalue weighted by Crippen LogP contribution is 2.29. The second-order valence-corrected chi connectivity index (χ2v) is 12.7. The fourth-order valence-corrected chi connectivity index (χ4v) is 6.91. The van der Waals surface area contributed by atoms with Crippen LogP contribution in [0.1, 0.15) is 88.7 Å². The molecule has 0 unspecified atom stereocenters. The van der Waals surface area contributed by atoms with Gasteiger partial charge in [-0.1, -0.05) is 113 Å². The second kappa shape index (κ2) is 16.4. The average Bonchev–Trinajstić information content (AvgIpc) is 3.39. The van der Waals surface area contributed by atoms with Crippen LogP contribution < -0.4 is 0 Å². The van der Waals surface area contributed by atoms with Gasteiger partial charge in [-0.3, -0.25) is 4.90 Å². The SMILES string of the molecule is CCCCCCCCCCCCN([C@H]1C[C@H](C#N)N(C(=O)OCc2ccccc2)C1)S(=O)(=O)c1ccc(C)cc1. The van der Waals surface area contributed by atoms with Crippen molar-refractivity contribution in [1.82, 2.24) is 9.21 Å². The summed E-state index contributed by atoms with van der Waals surface area (Å²) in [6.07, 6.45) is 11.3. The van der Waals surface area contributed by atoms with Crippen molar-refractivity contribution in [1.29, 1.82) is 5.26 Å². The molecule has 8 heteroatoms. The minimum Gasteiger partial charge on any atom is -0.445 e. The lowest BCUT2D eigenvalue weighted by Gasteiger charge is -2.28. The van der Waals surface area contributed by atoms with Crippen molar-refractivity contribution in [3.8, 4) is 6.07 Å². The summed E-state index contributed by atoms with van der Waals surface area (Å²) in [5.41, 5.74) is 1.84. The standard InChI is InChI=1S/C32H45N3O4S/c1-3-4-5-6-7-8-9-10-11-15-22-35(40(37,38)31-20-18-27(2)19-21-31)30-23-29(24-33)34(25-30)32(36)39-26-28-16-13-12-14-17-28/h12-14,16-21,29-30H,3-11,15,22-23,25-26H2,1-2H3/t29-,30+/m1/s1. The van der Waals surface area contributed by atoms with Gasteiger partial charge in [0.2, 0.25) is 10.0 Å². The smallest absolute Gasteiger partial charge is 0.411 e. The van der Waals surface area contributed by atoms with E-state index < -0.39 is 28.2 Å². The first-order chi connectivity index (χ1) is 19.4. The van der Waals surface area contributed by atoms with Crippen LogP contribution in [0.4, 0.5) is 4.79 Å². The molecule has 2 aromatic rings. The normalized spacial score (nSPS) is 17.2. The van der Waals surface area contributed by atoms with Gasteiger partial charge in [0.1, 0.15) is 12.6 Å². The van der Waals surface area contributed by atoms with Crippen LogP contribution in [0.25, 0.3) is 0 Å². The summed E-state index contributed by atoms with van der Waals surface area (Å²) in [7, 11) is -3.80. The first kappa shape index (κ1) is 31.6. The van der Waals surface area contributed by atoms with Crippen LogP contribution in [0, 0.1) is 18.3 Å². The van der Waals surface area contributed by atoms with Gasteiger partial charge in [-0.25, -0.2) is 13.2 Å². The molecule has 40 heavy (non-hydrogen) atoms. The summed E-state index contributed by atoms with van der Waals surface area (Å²) >= 11 is 0. The number of rotatable bonds is 16. The molecule has 1 heterocycles. The Kier molecular flexibility index (Phi) is 13.0. The van der Waals surface area contributed by atoms with E-state index in [0.29, 0.717) is 6.54 Å². The number of benzene rings is 2. The number of carbonyl (C=O) groups is 1. The highest BCUT2D eigenvalue weighted by molar-refractivity contribution is 7.89. The number of sulfonamides is 1. The molecule has 0 bridgehead atoms. The van der Waals surface area contributed by atoms with Crippen LogP contribution in [-0.4, -0.2) is 48.9 Å². The number of amides is 1. The number of unbranched alkanes of at least 4 members (excludes halogenated alkanes) is 9. The maximum atomic E-state index is 13.8. The minimum atomic E-state index is -3.80. The molecule has 2 atom stereocenters. The van der Waals surface area contributed by atoms with E-state index in [2.05, 4.69) is 13.0 Å². The van der Waals surface area contributed by atoms with Crippen molar-refractivity contribution in [2.24, 2.45) is 0 Å². The van der Waals surface area contributed by atoms with Crippen molar-refractivity contribution in [2.75, 3.05) is 13.1 Å². The van der Waals surface area contributed by atoms with E-state index in [1.54, 1.807) is 24.3 Å². The van der Waals surface area contributed by atoms with E-state index in [1.807, 2.05) is 37.3 Å². The molecule has 2 aromatic carbocycles. The number of hydrogen-bond donors (Lipinski definition) is 0. The van der Waals surface area contributed by atoms with E-state index in [0.717, 1.165) is 36.8 Å². The molecule has 1 aliphatic heterocycles. The van der Waals surface area contributed by atoms with Crippen molar-refractivity contribution in [3.63, 3.8) is 0 Å². The molecule has 218 valence electrons. The highest BCUT2D eigenvalue weighted by atomic mass is 32.2. The molecule has 0 saturated carbocycles. The Morgan fingerprint density at radius 1 is 0.950 bits per heavy atom. The molecule has 1 amide bonds. The molecule has 1 aliphatic rings. The zero-order valence-electron chi connectivity index (χ0n) is 24.1. The lowest BCUT2D eigenvalue weighted by atomic mass is 10.1. The summed E-state index contributed by atoms with van der Waals surface area (Å²) in [5.74, 6) is 0. The van der Waals surface area contributed by atoms with Crippen molar-refractivity contribution in [3.05, 3.63) is 65.7 Å². The van der Waals surface area contributed by atoms with E-state index in [-0.39, 0.29) is 24.5 Å². The van der Waals surface area contributed by atoms with Crippen molar-refractivity contribution >= 4 is 16.1 Å². The number of nitriles is 1. The molecule has 0 aromatic heterocycles. The fourth-order valence-electron chi connectivity index (χ4n) is 5.25. The highest BCUT2D eigenvalue weighted by Gasteiger charge is 2.43. The summed E-state index contributed by atoms with van der Waals surface area (Å²) < 4.78 is 34.6. The molecular formula is C32H45N3O4S. The Bertz CT molecular complexity index is 1180. The molecule has 3 rings (SSSR count). The van der Waals surface area contributed by atoms with Gasteiger partial charge in [0.05, 0.1) is 11.0 Å². The fraction of sp³-hybridized carbons (Fsp3) is 0.562. The van der Waals surface area contributed by atoms with Crippen LogP contribution in [0.15, 0.2) is 59.5 Å². The zero-order chi connectivity index (χ0) is 28.8. The van der Waals surface area contributed by atoms with Gasteiger partial charge in [0.25, 0.3) is 0 Å². The molecular weight excluding hydrogens is 522 g/mol. The summed E-state index contributed by atoms with van der Waals surface area (Å²) in [5, 5.41) is 9.82. The van der Waals surface area contributed by atoms with E-state index >= 15 is 0 Å². The van der Waals surface area contributed by atoms with Gasteiger partial charge in [-0.15, -0.1) is 0 Å². The maximum absolute atomic E-state index is 13.8. The number of hydrogen-bond acceptors (Lipinski definition) is 5. The Labute approximate surface area is 241 Å². The van der Waals surface area contributed by atoms with Crippen LogP contribution in [0.3, 0.4) is 0 Å². The Morgan fingerprint density at radius 2 is 1.55 bits per heavy atom. The lowest BCUT2D eigenvalue weighted by molar-refractivity contribution is 0.0966. The molecule has 1 saturated heterocycles. The second-order valence-electron chi connectivity index (χ2n) is 10.8. The Hall–Kier alpha value is -2.89. The molecule has 0 aliphatic carbocycles. The van der Waals surface area contributed by atoms with Crippen molar-refractivity contribution < 1.29 is 17.9 Å². The monoisotopic (exact) mass is 567 g/mol. The van der Waals surface area contributed by atoms with Gasteiger partial charge in [-0.05, 0) is 37.5 Å². The maximum Gasteiger partial charge on any atom is 0.411 e. The molecule has 0 radical (unpaired) electrons. The van der Waals surface area contributed by atoms with Gasteiger partial charge >= 0.3 is 6.09 Å². The van der Waals surface area contributed by atoms with E-state index in [4.69, 9.17) is 4.74 Å². The third kappa shape index (κ3) is 9.35. The number of ether oxygens (including phenoxy) is 1. The predicted octanol–water partition coefficient (Wildman–Crippen LogP) is 7.21. The zero-order valence-corrected chi connectivity index (χ0v) is 24.9. The van der Waals surface area contributed by atoms with E-state index in [9.17, 15) is 18.5 Å². The lowest BCUT2D eigenvalue weighted by Crippen LogP contribution is -2.43. The van der Waals surface area contributed by atoms with Gasteiger partial charge in [0, 0.05) is 19.1 Å². The van der Waals surface area contributed by atoms with Gasteiger partial charge in [-0.2, -0.15) is 9.57 Å². The molecule has 0 N–H and O–H groups in total. The number of likely N-dealkylation sites (tertiary alicyclic amines) is 1. The van der Waals surface area contributed by atoms with Crippen LogP contribution in [-0.2, 0) is 21.4 Å². The quantitative estimate of drug-likeness (QED) is 0.200. The largest absolute Gasteiger partial charge is 0.445 e. The molecule has 0 spiro atoms.